The maximum atomic E-state index is 11.0. The van der Waals surface area contributed by atoms with E-state index in [2.05, 4.69) is 0 Å². The van der Waals surface area contributed by atoms with Crippen LogP contribution in [0, 0.1) is 0 Å². The average molecular weight is 260 g/mol. The minimum atomic E-state index is -1.28. The van der Waals surface area contributed by atoms with Crippen LogP contribution in [0.5, 0.6) is 17.2 Å². The Morgan fingerprint density at radius 3 is 2.42 bits per heavy atom. The number of hydrogen-bond donors (Lipinski definition) is 3. The highest BCUT2D eigenvalue weighted by atomic mass is 16.5. The van der Waals surface area contributed by atoms with Gasteiger partial charge >= 0.3 is 5.97 Å². The summed E-state index contributed by atoms with van der Waals surface area (Å²) in [5, 5.41) is 27.9. The Morgan fingerprint density at radius 2 is 1.79 bits per heavy atom. The lowest BCUT2D eigenvalue weighted by atomic mass is 10.1. The molecule has 0 amide bonds. The van der Waals surface area contributed by atoms with Crippen molar-refractivity contribution in [1.29, 1.82) is 0 Å². The lowest BCUT2D eigenvalue weighted by Crippen LogP contribution is -2.03. The van der Waals surface area contributed by atoms with Gasteiger partial charge in [-0.2, -0.15) is 0 Å². The third-order valence-electron chi connectivity index (χ3n) is 2.51. The quantitative estimate of drug-likeness (QED) is 0.785. The van der Waals surface area contributed by atoms with Gasteiger partial charge in [-0.25, -0.2) is 4.79 Å². The Bertz CT molecular complexity index is 592. The van der Waals surface area contributed by atoms with Gasteiger partial charge in [-0.15, -0.1) is 0 Å². The second kappa shape index (κ2) is 5.30. The molecular formula is C14H12O5. The number of ether oxygens (including phenoxy) is 1. The molecule has 0 saturated heterocycles. The van der Waals surface area contributed by atoms with E-state index in [4.69, 9.17) is 9.84 Å². The summed E-state index contributed by atoms with van der Waals surface area (Å²) in [7, 11) is 0. The topological polar surface area (TPSA) is 87.0 Å². The van der Waals surface area contributed by atoms with Crippen LogP contribution in [0.4, 0.5) is 0 Å². The zero-order chi connectivity index (χ0) is 13.8. The Balaban J connectivity index is 2.27. The van der Waals surface area contributed by atoms with Crippen LogP contribution < -0.4 is 4.74 Å². The Hall–Kier alpha value is -2.69. The molecule has 0 fully saturated rings. The fourth-order valence-corrected chi connectivity index (χ4v) is 1.64. The predicted molar refractivity (Wildman–Crippen MR) is 67.5 cm³/mol. The average Bonchev–Trinajstić information content (AvgIpc) is 2.38. The molecule has 3 N–H and O–H groups in total. The molecule has 98 valence electrons. The first-order valence-corrected chi connectivity index (χ1v) is 5.54. The van der Waals surface area contributed by atoms with Crippen LogP contribution >= 0.6 is 0 Å². The maximum Gasteiger partial charge on any atom is 0.339 e. The van der Waals surface area contributed by atoms with Crippen LogP contribution in [0.1, 0.15) is 15.9 Å². The highest BCUT2D eigenvalue weighted by molar-refractivity contribution is 5.92. The van der Waals surface area contributed by atoms with E-state index in [0.29, 0.717) is 0 Å². The number of phenols is 2. The summed E-state index contributed by atoms with van der Waals surface area (Å²) < 4.78 is 5.33. The second-order valence-corrected chi connectivity index (χ2v) is 3.92. The third-order valence-corrected chi connectivity index (χ3v) is 2.51. The number of rotatable bonds is 4. The van der Waals surface area contributed by atoms with E-state index in [1.807, 2.05) is 30.3 Å². The number of carboxylic acid groups (broad SMARTS) is 1. The van der Waals surface area contributed by atoms with E-state index in [1.54, 1.807) is 0 Å². The molecule has 19 heavy (non-hydrogen) atoms. The van der Waals surface area contributed by atoms with Crippen molar-refractivity contribution in [3.63, 3.8) is 0 Å². The first kappa shape index (κ1) is 12.8. The smallest absolute Gasteiger partial charge is 0.339 e. The first-order chi connectivity index (χ1) is 9.08. The number of carbonyl (C=O) groups is 1. The van der Waals surface area contributed by atoms with Crippen molar-refractivity contribution in [2.24, 2.45) is 0 Å². The zero-order valence-corrected chi connectivity index (χ0v) is 9.91. The molecule has 0 radical (unpaired) electrons. The summed E-state index contributed by atoms with van der Waals surface area (Å²) in [4.78, 5) is 11.0. The molecule has 0 spiro atoms. The van der Waals surface area contributed by atoms with Gasteiger partial charge in [-0.05, 0) is 11.6 Å². The van der Waals surface area contributed by atoms with Gasteiger partial charge in [-0.3, -0.25) is 0 Å². The molecule has 5 nitrogen and oxygen atoms in total. The Kier molecular flexibility index (Phi) is 3.56. The molecule has 0 bridgehead atoms. The summed E-state index contributed by atoms with van der Waals surface area (Å²) in [6, 6.07) is 11.2. The summed E-state index contributed by atoms with van der Waals surface area (Å²) in [5.41, 5.74) is 0.555. The number of aromatic hydroxyl groups is 2. The SMILES string of the molecule is O=C(O)c1cc(O)cc(O)c1OCc1ccccc1. The van der Waals surface area contributed by atoms with Crippen LogP contribution in [0.2, 0.25) is 0 Å². The number of benzene rings is 2. The molecule has 0 aliphatic carbocycles. The molecule has 2 aromatic carbocycles. The van der Waals surface area contributed by atoms with Crippen molar-refractivity contribution in [3.05, 3.63) is 53.6 Å². The fourth-order valence-electron chi connectivity index (χ4n) is 1.64. The highest BCUT2D eigenvalue weighted by Crippen LogP contribution is 2.35. The first-order valence-electron chi connectivity index (χ1n) is 5.54. The number of aromatic carboxylic acids is 1. The summed E-state index contributed by atoms with van der Waals surface area (Å²) in [5.74, 6) is -2.18. The van der Waals surface area contributed by atoms with Crippen molar-refractivity contribution in [2.75, 3.05) is 0 Å². The monoisotopic (exact) mass is 260 g/mol. The third kappa shape index (κ3) is 2.95. The van der Waals surface area contributed by atoms with Gasteiger partial charge < -0.3 is 20.1 Å². The molecule has 0 unspecified atom stereocenters. The van der Waals surface area contributed by atoms with E-state index < -0.39 is 11.7 Å². The molecule has 0 atom stereocenters. The van der Waals surface area contributed by atoms with Gasteiger partial charge in [0.15, 0.2) is 11.5 Å². The van der Waals surface area contributed by atoms with Gasteiger partial charge in [0.2, 0.25) is 0 Å². The zero-order valence-electron chi connectivity index (χ0n) is 9.91. The summed E-state index contributed by atoms with van der Waals surface area (Å²) >= 11 is 0. The molecule has 0 aromatic heterocycles. The van der Waals surface area contributed by atoms with Crippen molar-refractivity contribution < 1.29 is 24.9 Å². The van der Waals surface area contributed by atoms with Gasteiger partial charge in [0.25, 0.3) is 0 Å². The molecule has 0 heterocycles. The lowest BCUT2D eigenvalue weighted by molar-refractivity contribution is 0.0690. The van der Waals surface area contributed by atoms with Gasteiger partial charge in [-0.1, -0.05) is 30.3 Å². The molecule has 5 heteroatoms. The summed E-state index contributed by atoms with van der Waals surface area (Å²) in [6.07, 6.45) is 0. The largest absolute Gasteiger partial charge is 0.508 e. The van der Waals surface area contributed by atoms with Gasteiger partial charge in [0.05, 0.1) is 0 Å². The van der Waals surface area contributed by atoms with Crippen LogP contribution in [0.3, 0.4) is 0 Å². The van der Waals surface area contributed by atoms with Crippen LogP contribution in [-0.2, 0) is 6.61 Å². The van der Waals surface area contributed by atoms with Crippen LogP contribution in [0.25, 0.3) is 0 Å². The predicted octanol–water partition coefficient (Wildman–Crippen LogP) is 2.38. The minimum Gasteiger partial charge on any atom is -0.508 e. The molecule has 2 rings (SSSR count). The number of hydrogen-bond acceptors (Lipinski definition) is 4. The minimum absolute atomic E-state index is 0.124. The van der Waals surface area contributed by atoms with E-state index in [9.17, 15) is 15.0 Å². The van der Waals surface area contributed by atoms with Gasteiger partial charge in [0, 0.05) is 6.07 Å². The van der Waals surface area contributed by atoms with Crippen LogP contribution in [0.15, 0.2) is 42.5 Å². The van der Waals surface area contributed by atoms with Gasteiger partial charge in [0.1, 0.15) is 17.9 Å². The molecule has 2 aromatic rings. The molecule has 0 aliphatic heterocycles. The van der Waals surface area contributed by atoms with Crippen molar-refractivity contribution in [2.45, 2.75) is 6.61 Å². The highest BCUT2D eigenvalue weighted by Gasteiger charge is 2.17. The van der Waals surface area contributed by atoms with Crippen molar-refractivity contribution in [3.8, 4) is 17.2 Å². The lowest BCUT2D eigenvalue weighted by Gasteiger charge is -2.11. The normalized spacial score (nSPS) is 10.1. The van der Waals surface area contributed by atoms with E-state index >= 15 is 0 Å². The fraction of sp³-hybridized carbons (Fsp3) is 0.0714. The second-order valence-electron chi connectivity index (χ2n) is 3.92. The molecule has 0 saturated carbocycles. The Labute approximate surface area is 109 Å². The number of carboxylic acids is 1. The standard InChI is InChI=1S/C14H12O5/c15-10-6-11(14(17)18)13(12(16)7-10)19-8-9-4-2-1-3-5-9/h1-7,15-16H,8H2,(H,17,18). The van der Waals surface area contributed by atoms with Crippen LogP contribution in [-0.4, -0.2) is 21.3 Å². The Morgan fingerprint density at radius 1 is 1.11 bits per heavy atom. The summed E-state index contributed by atoms with van der Waals surface area (Å²) in [6.45, 7) is 0.124. The van der Waals surface area contributed by atoms with E-state index in [0.717, 1.165) is 17.7 Å². The van der Waals surface area contributed by atoms with E-state index in [-0.39, 0.29) is 23.7 Å². The molecule has 0 aliphatic rings. The van der Waals surface area contributed by atoms with E-state index in [1.165, 1.54) is 0 Å². The molecular weight excluding hydrogens is 248 g/mol. The maximum absolute atomic E-state index is 11.0. The van der Waals surface area contributed by atoms with Crippen molar-refractivity contribution in [1.82, 2.24) is 0 Å². The number of phenolic OH excluding ortho intramolecular Hbond substituents is 2. The van der Waals surface area contributed by atoms with Crippen molar-refractivity contribution >= 4 is 5.97 Å².